The summed E-state index contributed by atoms with van der Waals surface area (Å²) in [5.41, 5.74) is 2.77. The van der Waals surface area contributed by atoms with Crippen molar-refractivity contribution in [1.29, 1.82) is 0 Å². The van der Waals surface area contributed by atoms with Crippen LogP contribution in [-0.4, -0.2) is 15.9 Å². The van der Waals surface area contributed by atoms with Crippen LogP contribution in [-0.2, 0) is 0 Å². The number of carbonyl (C=O) groups excluding carboxylic acids is 1. The molecule has 0 bridgehead atoms. The number of halogens is 1. The third-order valence-electron chi connectivity index (χ3n) is 4.22. The number of hydrogen-bond donors (Lipinski definition) is 1. The number of thiazole rings is 1. The number of pyridine rings is 1. The summed E-state index contributed by atoms with van der Waals surface area (Å²) in [6.45, 7) is 0. The van der Waals surface area contributed by atoms with Crippen LogP contribution in [0.3, 0.4) is 0 Å². The summed E-state index contributed by atoms with van der Waals surface area (Å²) in [6.07, 6.45) is 1.70. The van der Waals surface area contributed by atoms with Crippen LogP contribution < -0.4 is 5.32 Å². The van der Waals surface area contributed by atoms with Gasteiger partial charge in [0.1, 0.15) is 16.5 Å². The molecular formula is C22H16FN3OS. The number of nitrogens with one attached hydrogen (secondary N) is 1. The Morgan fingerprint density at radius 2 is 1.71 bits per heavy atom. The molecule has 4 aromatic rings. The molecule has 0 aliphatic rings. The van der Waals surface area contributed by atoms with Gasteiger partial charge in [-0.2, -0.15) is 0 Å². The van der Waals surface area contributed by atoms with Crippen molar-refractivity contribution in [3.05, 3.63) is 107 Å². The van der Waals surface area contributed by atoms with Crippen molar-refractivity contribution in [3.63, 3.8) is 0 Å². The lowest BCUT2D eigenvalue weighted by Crippen LogP contribution is -2.30. The maximum Gasteiger partial charge on any atom is 0.271 e. The van der Waals surface area contributed by atoms with Crippen molar-refractivity contribution < 1.29 is 9.18 Å². The normalized spacial score (nSPS) is 11.8. The molecule has 2 heterocycles. The lowest BCUT2D eigenvalue weighted by Gasteiger charge is -2.18. The van der Waals surface area contributed by atoms with Gasteiger partial charge in [0.15, 0.2) is 0 Å². The zero-order valence-electron chi connectivity index (χ0n) is 14.7. The van der Waals surface area contributed by atoms with Gasteiger partial charge < -0.3 is 5.32 Å². The van der Waals surface area contributed by atoms with E-state index in [-0.39, 0.29) is 17.8 Å². The van der Waals surface area contributed by atoms with Crippen molar-refractivity contribution in [2.24, 2.45) is 0 Å². The molecule has 138 valence electrons. The summed E-state index contributed by atoms with van der Waals surface area (Å²) < 4.78 is 13.1. The van der Waals surface area contributed by atoms with Crippen LogP contribution in [0.25, 0.3) is 10.6 Å². The van der Waals surface area contributed by atoms with Gasteiger partial charge in [-0.05, 0) is 42.0 Å². The highest BCUT2D eigenvalue weighted by Gasteiger charge is 2.20. The van der Waals surface area contributed by atoms with Gasteiger partial charge >= 0.3 is 0 Å². The average molecular weight is 389 g/mol. The third kappa shape index (κ3) is 3.97. The summed E-state index contributed by atoms with van der Waals surface area (Å²) in [7, 11) is 0. The van der Waals surface area contributed by atoms with E-state index in [0.29, 0.717) is 10.7 Å². The van der Waals surface area contributed by atoms with Gasteiger partial charge in [0.05, 0.1) is 11.7 Å². The maximum absolute atomic E-state index is 13.1. The van der Waals surface area contributed by atoms with E-state index < -0.39 is 0 Å². The summed E-state index contributed by atoms with van der Waals surface area (Å²) in [5, 5.41) is 5.39. The van der Waals surface area contributed by atoms with Crippen molar-refractivity contribution in [1.82, 2.24) is 15.3 Å². The van der Waals surface area contributed by atoms with E-state index in [1.54, 1.807) is 23.7 Å². The fourth-order valence-electron chi connectivity index (χ4n) is 2.83. The Hall–Kier alpha value is -3.38. The molecule has 0 fully saturated rings. The minimum Gasteiger partial charge on any atom is -0.338 e. The van der Waals surface area contributed by atoms with Gasteiger partial charge in [-0.3, -0.25) is 9.78 Å². The van der Waals surface area contributed by atoms with E-state index in [2.05, 4.69) is 15.3 Å². The van der Waals surface area contributed by atoms with Crippen LogP contribution in [0.1, 0.15) is 27.8 Å². The molecule has 0 saturated heterocycles. The van der Waals surface area contributed by atoms with Crippen LogP contribution in [0.5, 0.6) is 0 Å². The van der Waals surface area contributed by atoms with E-state index in [4.69, 9.17) is 0 Å². The Balaban J connectivity index is 1.59. The largest absolute Gasteiger partial charge is 0.338 e. The molecule has 2 aromatic heterocycles. The number of hydrogen-bond acceptors (Lipinski definition) is 4. The molecule has 2 aromatic carbocycles. The molecule has 0 aliphatic carbocycles. The minimum absolute atomic E-state index is 0.288. The molecule has 4 rings (SSSR count). The highest BCUT2D eigenvalue weighted by molar-refractivity contribution is 7.13. The quantitative estimate of drug-likeness (QED) is 0.530. The van der Waals surface area contributed by atoms with Gasteiger partial charge in [-0.25, -0.2) is 9.37 Å². The second-order valence-electron chi connectivity index (χ2n) is 6.12. The highest BCUT2D eigenvalue weighted by Crippen LogP contribution is 2.25. The van der Waals surface area contributed by atoms with Crippen molar-refractivity contribution >= 4 is 17.2 Å². The van der Waals surface area contributed by atoms with Crippen molar-refractivity contribution in [3.8, 4) is 10.6 Å². The molecule has 4 nitrogen and oxygen atoms in total. The second-order valence-corrected chi connectivity index (χ2v) is 6.97. The fraction of sp³-hybridized carbons (Fsp3) is 0.0455. The summed E-state index contributed by atoms with van der Waals surface area (Å²) in [5.74, 6) is -0.594. The lowest BCUT2D eigenvalue weighted by atomic mass is 10.0. The first-order chi connectivity index (χ1) is 13.7. The SMILES string of the molecule is O=C(NC(c1ccccc1)c1ccccn1)c1csc(-c2ccc(F)cc2)n1. The Morgan fingerprint density at radius 1 is 0.964 bits per heavy atom. The monoisotopic (exact) mass is 389 g/mol. The van der Waals surface area contributed by atoms with E-state index in [1.807, 2.05) is 48.5 Å². The van der Waals surface area contributed by atoms with E-state index in [0.717, 1.165) is 16.8 Å². The third-order valence-corrected chi connectivity index (χ3v) is 5.11. The van der Waals surface area contributed by atoms with Gasteiger partial charge in [0.2, 0.25) is 0 Å². The van der Waals surface area contributed by atoms with E-state index in [9.17, 15) is 9.18 Å². The Bertz CT molecular complexity index is 1030. The molecule has 0 radical (unpaired) electrons. The molecule has 6 heteroatoms. The molecular weight excluding hydrogens is 373 g/mol. The predicted octanol–water partition coefficient (Wildman–Crippen LogP) is 4.86. The number of aromatic nitrogens is 2. The number of nitrogens with zero attached hydrogens (tertiary/aromatic N) is 2. The van der Waals surface area contributed by atoms with Gasteiger partial charge in [-0.1, -0.05) is 36.4 Å². The van der Waals surface area contributed by atoms with E-state index >= 15 is 0 Å². The standard InChI is InChI=1S/C22H16FN3OS/c23-17-11-9-16(10-12-17)22-25-19(14-28-22)21(27)26-20(15-6-2-1-3-7-15)18-8-4-5-13-24-18/h1-14,20H,(H,26,27). The molecule has 1 amide bonds. The number of amides is 1. The first kappa shape index (κ1) is 18.0. The maximum atomic E-state index is 13.1. The van der Waals surface area contributed by atoms with Crippen molar-refractivity contribution in [2.75, 3.05) is 0 Å². The molecule has 0 saturated carbocycles. The smallest absolute Gasteiger partial charge is 0.271 e. The summed E-state index contributed by atoms with van der Waals surface area (Å²) >= 11 is 1.35. The Labute approximate surface area is 165 Å². The van der Waals surface area contributed by atoms with Crippen LogP contribution in [0.4, 0.5) is 4.39 Å². The summed E-state index contributed by atoms with van der Waals surface area (Å²) in [4.78, 5) is 21.7. The van der Waals surface area contributed by atoms with Crippen LogP contribution in [0.2, 0.25) is 0 Å². The topological polar surface area (TPSA) is 54.9 Å². The van der Waals surface area contributed by atoms with Gasteiger partial charge in [0, 0.05) is 17.1 Å². The fourth-order valence-corrected chi connectivity index (χ4v) is 3.63. The Kier molecular flexibility index (Phi) is 5.21. The molecule has 0 spiro atoms. The zero-order valence-corrected chi connectivity index (χ0v) is 15.6. The van der Waals surface area contributed by atoms with Gasteiger partial charge in [0.25, 0.3) is 5.91 Å². The molecule has 1 N–H and O–H groups in total. The molecule has 1 unspecified atom stereocenters. The lowest BCUT2D eigenvalue weighted by molar-refractivity contribution is 0.0938. The number of carbonyl (C=O) groups is 1. The second kappa shape index (κ2) is 8.10. The first-order valence-corrected chi connectivity index (χ1v) is 9.57. The first-order valence-electron chi connectivity index (χ1n) is 8.69. The highest BCUT2D eigenvalue weighted by atomic mass is 32.1. The van der Waals surface area contributed by atoms with E-state index in [1.165, 1.54) is 23.5 Å². The average Bonchev–Trinajstić information content (AvgIpc) is 3.24. The zero-order chi connectivity index (χ0) is 19.3. The van der Waals surface area contributed by atoms with Crippen LogP contribution in [0.15, 0.2) is 84.4 Å². The minimum atomic E-state index is -0.383. The van der Waals surface area contributed by atoms with Gasteiger partial charge in [-0.15, -0.1) is 11.3 Å². The number of rotatable bonds is 5. The Morgan fingerprint density at radius 3 is 2.43 bits per heavy atom. The number of benzene rings is 2. The van der Waals surface area contributed by atoms with Crippen molar-refractivity contribution in [2.45, 2.75) is 6.04 Å². The molecule has 1 atom stereocenters. The summed E-state index contributed by atoms with van der Waals surface area (Å²) in [6, 6.07) is 20.9. The molecule has 0 aliphatic heterocycles. The van der Waals surface area contributed by atoms with Crippen LogP contribution in [0, 0.1) is 5.82 Å². The molecule has 28 heavy (non-hydrogen) atoms. The van der Waals surface area contributed by atoms with Crippen LogP contribution >= 0.6 is 11.3 Å². The predicted molar refractivity (Wildman–Crippen MR) is 107 cm³/mol.